The maximum atomic E-state index is 13.0. The van der Waals surface area contributed by atoms with E-state index in [1.807, 2.05) is 37.3 Å². The number of aromatic hydroxyl groups is 1. The van der Waals surface area contributed by atoms with Gasteiger partial charge in [0, 0.05) is 18.5 Å². The minimum absolute atomic E-state index is 0.0634. The van der Waals surface area contributed by atoms with E-state index in [0.29, 0.717) is 18.5 Å². The molecule has 5 heteroatoms. The largest absolute Gasteiger partial charge is 0.508 e. The highest BCUT2D eigenvalue weighted by atomic mass is 16.3. The second kappa shape index (κ2) is 11.0. The normalized spacial score (nSPS) is 11.5. The highest BCUT2D eigenvalue weighted by Gasteiger charge is 2.32. The molecule has 164 valence electrons. The molecule has 0 aliphatic heterocycles. The molecular weight excluding hydrogens is 402 g/mol. The van der Waals surface area contributed by atoms with Crippen molar-refractivity contribution in [3.63, 3.8) is 0 Å². The summed E-state index contributed by atoms with van der Waals surface area (Å²) in [6.45, 7) is 1.99. The van der Waals surface area contributed by atoms with E-state index in [1.54, 1.807) is 48.5 Å². The Morgan fingerprint density at radius 3 is 1.78 bits per heavy atom. The molecule has 3 aromatic carbocycles. The van der Waals surface area contributed by atoms with Crippen LogP contribution in [-0.2, 0) is 27.2 Å². The second-order valence-electron chi connectivity index (χ2n) is 7.87. The van der Waals surface area contributed by atoms with E-state index >= 15 is 0 Å². The molecule has 1 unspecified atom stereocenters. The van der Waals surface area contributed by atoms with E-state index in [0.717, 1.165) is 16.7 Å². The van der Waals surface area contributed by atoms with Crippen LogP contribution in [0.4, 0.5) is 5.69 Å². The van der Waals surface area contributed by atoms with Crippen molar-refractivity contribution in [2.75, 3.05) is 5.32 Å². The first-order valence-electron chi connectivity index (χ1n) is 10.7. The molecule has 1 amide bonds. The number of Topliss-reactive ketones (excluding diaryl/α,β-unsaturated/α-hetero) is 2. The van der Waals surface area contributed by atoms with E-state index in [9.17, 15) is 19.5 Å². The van der Waals surface area contributed by atoms with Crippen molar-refractivity contribution in [3.05, 3.63) is 95.6 Å². The first kappa shape index (κ1) is 22.9. The van der Waals surface area contributed by atoms with Gasteiger partial charge >= 0.3 is 0 Å². The Morgan fingerprint density at radius 2 is 1.25 bits per heavy atom. The molecule has 0 bridgehead atoms. The van der Waals surface area contributed by atoms with Crippen LogP contribution in [0.3, 0.4) is 0 Å². The number of carbonyl (C=O) groups excluding carboxylic acids is 3. The Kier molecular flexibility index (Phi) is 7.92. The molecule has 0 aliphatic rings. The van der Waals surface area contributed by atoms with Gasteiger partial charge in [-0.2, -0.15) is 0 Å². The molecule has 0 saturated carbocycles. The van der Waals surface area contributed by atoms with E-state index < -0.39 is 17.6 Å². The van der Waals surface area contributed by atoms with Gasteiger partial charge < -0.3 is 10.4 Å². The molecule has 0 radical (unpaired) electrons. The number of rotatable bonds is 10. The van der Waals surface area contributed by atoms with Gasteiger partial charge in [-0.25, -0.2) is 0 Å². The zero-order valence-electron chi connectivity index (χ0n) is 18.1. The molecule has 1 atom stereocenters. The highest BCUT2D eigenvalue weighted by molar-refractivity contribution is 6.21. The molecule has 5 nitrogen and oxygen atoms in total. The van der Waals surface area contributed by atoms with Crippen LogP contribution in [-0.4, -0.2) is 22.6 Å². The van der Waals surface area contributed by atoms with Gasteiger partial charge in [-0.05, 0) is 55.2 Å². The molecule has 0 spiro atoms. The van der Waals surface area contributed by atoms with Crippen LogP contribution >= 0.6 is 0 Å². The standard InChI is InChI=1S/C27H27NO4/c1-19-7-9-20(10-8-19)13-17-24(30)26(27(32)28-22-5-3-2-4-6-22)25(31)18-14-21-11-15-23(29)16-12-21/h2-12,15-16,26,29H,13-14,17-18H2,1H3,(H,28,32). The zero-order chi connectivity index (χ0) is 22.9. The third-order valence-corrected chi connectivity index (χ3v) is 5.32. The zero-order valence-corrected chi connectivity index (χ0v) is 18.1. The summed E-state index contributed by atoms with van der Waals surface area (Å²) in [6.07, 6.45) is 1.04. The summed E-state index contributed by atoms with van der Waals surface area (Å²) in [5, 5.41) is 12.1. The smallest absolute Gasteiger partial charge is 0.242 e. The van der Waals surface area contributed by atoms with Crippen molar-refractivity contribution < 1.29 is 19.5 Å². The summed E-state index contributed by atoms with van der Waals surface area (Å²) < 4.78 is 0. The van der Waals surface area contributed by atoms with Gasteiger partial charge in [0.2, 0.25) is 5.91 Å². The van der Waals surface area contributed by atoms with Crippen molar-refractivity contribution in [2.45, 2.75) is 32.6 Å². The first-order valence-corrected chi connectivity index (χ1v) is 10.7. The Labute approximate surface area is 188 Å². The Bertz CT molecular complexity index is 996. The lowest BCUT2D eigenvalue weighted by Crippen LogP contribution is -2.36. The van der Waals surface area contributed by atoms with Gasteiger partial charge in [0.05, 0.1) is 0 Å². The SMILES string of the molecule is Cc1ccc(CCC(=O)C(C(=O)CCc2ccc(O)cc2)C(=O)Nc2ccccc2)cc1. The van der Waals surface area contributed by atoms with E-state index in [1.165, 1.54) is 0 Å². The van der Waals surface area contributed by atoms with Crippen molar-refractivity contribution in [2.24, 2.45) is 5.92 Å². The topological polar surface area (TPSA) is 83.5 Å². The number of hydrogen-bond donors (Lipinski definition) is 2. The molecular formula is C27H27NO4. The van der Waals surface area contributed by atoms with Crippen molar-refractivity contribution in [1.29, 1.82) is 0 Å². The third kappa shape index (κ3) is 6.64. The molecule has 32 heavy (non-hydrogen) atoms. The fraction of sp³-hybridized carbons (Fsp3) is 0.222. The van der Waals surface area contributed by atoms with Gasteiger partial charge in [0.15, 0.2) is 17.5 Å². The van der Waals surface area contributed by atoms with Crippen LogP contribution in [0, 0.1) is 12.8 Å². The quantitative estimate of drug-likeness (QED) is 0.459. The van der Waals surface area contributed by atoms with Crippen LogP contribution in [0.15, 0.2) is 78.9 Å². The summed E-state index contributed by atoms with van der Waals surface area (Å²) in [5.74, 6) is -2.58. The minimum Gasteiger partial charge on any atom is -0.508 e. The first-order chi connectivity index (χ1) is 15.4. The van der Waals surface area contributed by atoms with Crippen LogP contribution in [0.2, 0.25) is 0 Å². The Balaban J connectivity index is 1.70. The summed E-state index contributed by atoms with van der Waals surface area (Å²) in [6, 6.07) is 23.2. The van der Waals surface area contributed by atoms with Gasteiger partial charge in [-0.15, -0.1) is 0 Å². The fourth-order valence-electron chi connectivity index (χ4n) is 3.45. The van der Waals surface area contributed by atoms with Crippen molar-refractivity contribution in [3.8, 4) is 5.75 Å². The highest BCUT2D eigenvalue weighted by Crippen LogP contribution is 2.17. The summed E-state index contributed by atoms with van der Waals surface area (Å²) >= 11 is 0. The summed E-state index contributed by atoms with van der Waals surface area (Å²) in [4.78, 5) is 38.9. The lowest BCUT2D eigenvalue weighted by molar-refractivity contribution is -0.138. The van der Waals surface area contributed by atoms with Gasteiger partial charge in [-0.3, -0.25) is 14.4 Å². The van der Waals surface area contributed by atoms with E-state index in [2.05, 4.69) is 5.32 Å². The van der Waals surface area contributed by atoms with Gasteiger partial charge in [0.25, 0.3) is 0 Å². The van der Waals surface area contributed by atoms with Crippen LogP contribution in [0.5, 0.6) is 5.75 Å². The number of aryl methyl sites for hydroxylation is 3. The number of anilines is 1. The molecule has 0 fully saturated rings. The maximum absolute atomic E-state index is 13.0. The third-order valence-electron chi connectivity index (χ3n) is 5.32. The second-order valence-corrected chi connectivity index (χ2v) is 7.87. The Morgan fingerprint density at radius 1 is 0.750 bits per heavy atom. The Hall–Kier alpha value is -3.73. The predicted octanol–water partition coefficient (Wildman–Crippen LogP) is 4.66. The average Bonchev–Trinajstić information content (AvgIpc) is 2.79. The van der Waals surface area contributed by atoms with E-state index in [-0.39, 0.29) is 24.4 Å². The number of para-hydroxylation sites is 1. The maximum Gasteiger partial charge on any atom is 0.242 e. The lowest BCUT2D eigenvalue weighted by atomic mass is 9.90. The number of benzene rings is 3. The van der Waals surface area contributed by atoms with E-state index in [4.69, 9.17) is 0 Å². The lowest BCUT2D eigenvalue weighted by Gasteiger charge is -2.15. The summed E-state index contributed by atoms with van der Waals surface area (Å²) in [7, 11) is 0. The molecule has 0 heterocycles. The number of carbonyl (C=O) groups is 3. The molecule has 3 aromatic rings. The van der Waals surface area contributed by atoms with Crippen molar-refractivity contribution in [1.82, 2.24) is 0 Å². The molecule has 0 aromatic heterocycles. The molecule has 3 rings (SSSR count). The van der Waals surface area contributed by atoms with Gasteiger partial charge in [-0.1, -0.05) is 60.2 Å². The van der Waals surface area contributed by atoms with Crippen LogP contribution in [0.1, 0.15) is 29.5 Å². The molecule has 2 N–H and O–H groups in total. The average molecular weight is 430 g/mol. The predicted molar refractivity (Wildman–Crippen MR) is 125 cm³/mol. The fourth-order valence-corrected chi connectivity index (χ4v) is 3.45. The minimum atomic E-state index is -1.35. The monoisotopic (exact) mass is 429 g/mol. The number of amides is 1. The molecule has 0 saturated heterocycles. The summed E-state index contributed by atoms with van der Waals surface area (Å²) in [5.41, 5.74) is 3.51. The van der Waals surface area contributed by atoms with Crippen LogP contribution < -0.4 is 5.32 Å². The van der Waals surface area contributed by atoms with Gasteiger partial charge in [0.1, 0.15) is 5.75 Å². The number of hydrogen-bond acceptors (Lipinski definition) is 4. The number of phenols is 1. The van der Waals surface area contributed by atoms with Crippen molar-refractivity contribution >= 4 is 23.2 Å². The van der Waals surface area contributed by atoms with Crippen LogP contribution in [0.25, 0.3) is 0 Å². The molecule has 0 aliphatic carbocycles. The number of nitrogens with one attached hydrogen (secondary N) is 1. The number of ketones is 2. The number of phenolic OH excluding ortho intramolecular Hbond substituents is 1.